The zero-order chi connectivity index (χ0) is 11.3. The molecule has 15 heavy (non-hydrogen) atoms. The van der Waals surface area contributed by atoms with Gasteiger partial charge in [-0.15, -0.1) is 0 Å². The number of amides is 1. The number of hydrogen-bond donors (Lipinski definition) is 1. The molecule has 1 amide bonds. The van der Waals surface area contributed by atoms with Gasteiger partial charge in [-0.3, -0.25) is 0 Å². The zero-order valence-corrected chi connectivity index (χ0v) is 9.71. The Balaban J connectivity index is 2.17. The summed E-state index contributed by atoms with van der Waals surface area (Å²) in [6.45, 7) is 8.85. The summed E-state index contributed by atoms with van der Waals surface area (Å²) in [4.78, 5) is 13.2. The minimum atomic E-state index is -0.291. The molecule has 0 unspecified atom stereocenters. The van der Waals surface area contributed by atoms with Gasteiger partial charge in [0, 0.05) is 26.2 Å². The first-order chi connectivity index (χ1) is 6.99. The molecule has 1 aliphatic heterocycles. The predicted octanol–water partition coefficient (Wildman–Crippen LogP) is 0.801. The Labute approximate surface area is 90.7 Å². The number of hydrogen-bond acceptors (Lipinski definition) is 4. The van der Waals surface area contributed by atoms with Crippen molar-refractivity contribution >= 4 is 6.09 Å². The lowest BCUT2D eigenvalue weighted by molar-refractivity contribution is -0.0978. The van der Waals surface area contributed by atoms with E-state index in [2.05, 4.69) is 5.32 Å². The van der Waals surface area contributed by atoms with Gasteiger partial charge in [0.25, 0.3) is 0 Å². The van der Waals surface area contributed by atoms with E-state index in [1.807, 2.05) is 20.8 Å². The minimum absolute atomic E-state index is 0.0201. The molecule has 5 nitrogen and oxygen atoms in total. The van der Waals surface area contributed by atoms with Gasteiger partial charge in [0.1, 0.15) is 0 Å². The Morgan fingerprint density at radius 1 is 1.33 bits per heavy atom. The van der Waals surface area contributed by atoms with Gasteiger partial charge in [-0.05, 0) is 20.8 Å². The second kappa shape index (κ2) is 5.32. The van der Waals surface area contributed by atoms with Gasteiger partial charge in [-0.25, -0.2) is 4.79 Å². The second-order valence-corrected chi connectivity index (χ2v) is 4.52. The Kier molecular flexibility index (Phi) is 4.35. The summed E-state index contributed by atoms with van der Waals surface area (Å²) >= 11 is 0. The molecule has 0 aliphatic carbocycles. The van der Waals surface area contributed by atoms with Crippen LogP contribution in [0.3, 0.4) is 0 Å². The van der Waals surface area contributed by atoms with E-state index in [-0.39, 0.29) is 18.5 Å². The molecular weight excluding hydrogens is 196 g/mol. The van der Waals surface area contributed by atoms with Gasteiger partial charge >= 0.3 is 6.09 Å². The lowest BCUT2D eigenvalue weighted by Gasteiger charge is -2.27. The molecule has 1 aliphatic rings. The van der Waals surface area contributed by atoms with Gasteiger partial charge in [0.15, 0.2) is 6.79 Å². The van der Waals surface area contributed by atoms with Crippen LogP contribution >= 0.6 is 0 Å². The van der Waals surface area contributed by atoms with E-state index in [0.717, 1.165) is 13.1 Å². The number of nitrogens with one attached hydrogen (secondary N) is 1. The maximum absolute atomic E-state index is 11.5. The van der Waals surface area contributed by atoms with E-state index < -0.39 is 0 Å². The SMILES string of the molecule is CC(C)(C)OCOC(=O)N1CCNCC1. The van der Waals surface area contributed by atoms with E-state index in [9.17, 15) is 4.79 Å². The summed E-state index contributed by atoms with van der Waals surface area (Å²) in [7, 11) is 0. The van der Waals surface area contributed by atoms with Crippen LogP contribution in [0.15, 0.2) is 0 Å². The molecule has 1 saturated heterocycles. The monoisotopic (exact) mass is 216 g/mol. The standard InChI is InChI=1S/C10H20N2O3/c1-10(2,3)15-8-14-9(13)12-6-4-11-5-7-12/h11H,4-8H2,1-3H3. The first kappa shape index (κ1) is 12.3. The molecule has 0 radical (unpaired) electrons. The Morgan fingerprint density at radius 2 is 1.93 bits per heavy atom. The van der Waals surface area contributed by atoms with Crippen molar-refractivity contribution in [3.63, 3.8) is 0 Å². The highest BCUT2D eigenvalue weighted by atomic mass is 16.7. The van der Waals surface area contributed by atoms with Crippen LogP contribution in [-0.4, -0.2) is 49.6 Å². The molecule has 0 atom stereocenters. The first-order valence-corrected chi connectivity index (χ1v) is 5.25. The van der Waals surface area contributed by atoms with E-state index in [0.29, 0.717) is 13.1 Å². The van der Waals surface area contributed by atoms with Crippen molar-refractivity contribution in [2.75, 3.05) is 33.0 Å². The summed E-state index contributed by atoms with van der Waals surface area (Å²) < 4.78 is 10.3. The van der Waals surface area contributed by atoms with Crippen LogP contribution in [0.4, 0.5) is 4.79 Å². The maximum atomic E-state index is 11.5. The third-order valence-electron chi connectivity index (χ3n) is 2.05. The van der Waals surface area contributed by atoms with Gasteiger partial charge in [-0.1, -0.05) is 0 Å². The Hall–Kier alpha value is -0.810. The highest BCUT2D eigenvalue weighted by molar-refractivity contribution is 5.67. The molecule has 0 bridgehead atoms. The smallest absolute Gasteiger partial charge is 0.411 e. The fourth-order valence-corrected chi connectivity index (χ4v) is 1.20. The van der Waals surface area contributed by atoms with Crippen molar-refractivity contribution in [3.05, 3.63) is 0 Å². The van der Waals surface area contributed by atoms with Crippen LogP contribution < -0.4 is 5.32 Å². The van der Waals surface area contributed by atoms with Crippen LogP contribution in [0.5, 0.6) is 0 Å². The highest BCUT2D eigenvalue weighted by Gasteiger charge is 2.18. The topological polar surface area (TPSA) is 50.8 Å². The van der Waals surface area contributed by atoms with Crippen molar-refractivity contribution in [2.45, 2.75) is 26.4 Å². The molecule has 1 rings (SSSR count). The summed E-state index contributed by atoms with van der Waals surface area (Å²) in [6.07, 6.45) is -0.291. The molecule has 1 N–H and O–H groups in total. The number of carbonyl (C=O) groups is 1. The Bertz CT molecular complexity index is 207. The number of carbonyl (C=O) groups excluding carboxylic acids is 1. The molecule has 88 valence electrons. The van der Waals surface area contributed by atoms with E-state index in [1.54, 1.807) is 4.90 Å². The van der Waals surface area contributed by atoms with Gasteiger partial charge in [-0.2, -0.15) is 0 Å². The zero-order valence-electron chi connectivity index (χ0n) is 9.71. The first-order valence-electron chi connectivity index (χ1n) is 5.25. The predicted molar refractivity (Wildman–Crippen MR) is 56.6 cm³/mol. The number of ether oxygens (including phenoxy) is 2. The molecular formula is C10H20N2O3. The van der Waals surface area contributed by atoms with Gasteiger partial charge in [0.05, 0.1) is 5.60 Å². The largest absolute Gasteiger partial charge is 0.422 e. The minimum Gasteiger partial charge on any atom is -0.422 e. The van der Waals surface area contributed by atoms with Gasteiger partial charge < -0.3 is 19.7 Å². The summed E-state index contributed by atoms with van der Waals surface area (Å²) in [5.41, 5.74) is -0.274. The normalized spacial score (nSPS) is 17.7. The van der Waals surface area contributed by atoms with Crippen molar-refractivity contribution < 1.29 is 14.3 Å². The summed E-state index contributed by atoms with van der Waals surface area (Å²) in [5, 5.41) is 3.17. The van der Waals surface area contributed by atoms with Crippen molar-refractivity contribution in [1.82, 2.24) is 10.2 Å². The third kappa shape index (κ3) is 4.99. The number of rotatable bonds is 2. The molecule has 1 heterocycles. The Morgan fingerprint density at radius 3 is 2.47 bits per heavy atom. The second-order valence-electron chi connectivity index (χ2n) is 4.52. The fourth-order valence-electron chi connectivity index (χ4n) is 1.20. The van der Waals surface area contributed by atoms with Gasteiger partial charge in [0.2, 0.25) is 0 Å². The fraction of sp³-hybridized carbons (Fsp3) is 0.900. The molecule has 0 aromatic carbocycles. The van der Waals surface area contributed by atoms with E-state index in [1.165, 1.54) is 0 Å². The van der Waals surface area contributed by atoms with Crippen LogP contribution in [0, 0.1) is 0 Å². The maximum Gasteiger partial charge on any atom is 0.411 e. The number of piperazine rings is 1. The average molecular weight is 216 g/mol. The highest BCUT2D eigenvalue weighted by Crippen LogP contribution is 2.06. The van der Waals surface area contributed by atoms with Crippen LogP contribution in [0.1, 0.15) is 20.8 Å². The molecule has 0 saturated carbocycles. The van der Waals surface area contributed by atoms with E-state index in [4.69, 9.17) is 9.47 Å². The van der Waals surface area contributed by atoms with E-state index >= 15 is 0 Å². The lowest BCUT2D eigenvalue weighted by atomic mass is 10.2. The molecule has 0 aromatic heterocycles. The molecule has 5 heteroatoms. The van der Waals surface area contributed by atoms with Crippen LogP contribution in [0.2, 0.25) is 0 Å². The van der Waals surface area contributed by atoms with Crippen molar-refractivity contribution in [1.29, 1.82) is 0 Å². The summed E-state index contributed by atoms with van der Waals surface area (Å²) in [6, 6.07) is 0. The van der Waals surface area contributed by atoms with Crippen molar-refractivity contribution in [3.8, 4) is 0 Å². The molecule has 1 fully saturated rings. The lowest BCUT2D eigenvalue weighted by Crippen LogP contribution is -2.46. The summed E-state index contributed by atoms with van der Waals surface area (Å²) in [5.74, 6) is 0. The van der Waals surface area contributed by atoms with Crippen LogP contribution in [-0.2, 0) is 9.47 Å². The quantitative estimate of drug-likeness (QED) is 0.694. The van der Waals surface area contributed by atoms with Crippen LogP contribution in [0.25, 0.3) is 0 Å². The molecule has 0 spiro atoms. The van der Waals surface area contributed by atoms with Crippen molar-refractivity contribution in [2.24, 2.45) is 0 Å². The number of nitrogens with zero attached hydrogens (tertiary/aromatic N) is 1. The molecule has 0 aromatic rings. The third-order valence-corrected chi connectivity index (χ3v) is 2.05. The average Bonchev–Trinajstić information content (AvgIpc) is 2.17.